The number of likely N-dealkylation sites (N-methyl/N-ethyl adjacent to an activating group) is 1. The molecule has 0 aliphatic carbocycles. The van der Waals surface area contributed by atoms with E-state index in [1.165, 1.54) is 4.90 Å². The van der Waals surface area contributed by atoms with Crippen LogP contribution >= 0.6 is 0 Å². The molecule has 0 fully saturated rings. The summed E-state index contributed by atoms with van der Waals surface area (Å²) in [7, 11) is 1.56. The molecule has 0 atom stereocenters. The van der Waals surface area contributed by atoms with Gasteiger partial charge >= 0.3 is 0 Å². The van der Waals surface area contributed by atoms with Crippen LogP contribution < -0.4 is 4.90 Å². The number of hydrogen-bond acceptors (Lipinski definition) is 4. The number of anilines is 1. The summed E-state index contributed by atoms with van der Waals surface area (Å²) in [5.41, 5.74) is 3.61. The van der Waals surface area contributed by atoms with E-state index in [1.54, 1.807) is 7.11 Å². The first-order chi connectivity index (χ1) is 13.1. The molecule has 1 aliphatic rings. The lowest BCUT2D eigenvalue weighted by Crippen LogP contribution is -2.37. The van der Waals surface area contributed by atoms with Crippen molar-refractivity contribution in [3.63, 3.8) is 0 Å². The third kappa shape index (κ3) is 3.64. The van der Waals surface area contributed by atoms with Crippen LogP contribution in [0.3, 0.4) is 0 Å². The van der Waals surface area contributed by atoms with Crippen molar-refractivity contribution in [2.45, 2.75) is 13.8 Å². The van der Waals surface area contributed by atoms with Gasteiger partial charge in [-0.25, -0.2) is 0 Å². The number of hydrogen-bond donors (Lipinski definition) is 0. The molecule has 140 valence electrons. The fourth-order valence-corrected chi connectivity index (χ4v) is 3.26. The van der Waals surface area contributed by atoms with Crippen LogP contribution in [0.1, 0.15) is 18.1 Å². The first-order valence-electron chi connectivity index (χ1n) is 9.07. The Bertz CT molecular complexity index is 857. The van der Waals surface area contributed by atoms with Gasteiger partial charge in [-0.1, -0.05) is 48.0 Å². The van der Waals surface area contributed by atoms with Gasteiger partial charge < -0.3 is 9.64 Å². The molecule has 27 heavy (non-hydrogen) atoms. The number of imide groups is 1. The highest BCUT2D eigenvalue weighted by molar-refractivity contribution is 6.36. The average molecular weight is 364 g/mol. The first kappa shape index (κ1) is 18.9. The number of ether oxygens (including phenoxy) is 1. The molecule has 0 aromatic heterocycles. The van der Waals surface area contributed by atoms with Gasteiger partial charge in [0.1, 0.15) is 5.70 Å². The fourth-order valence-electron chi connectivity index (χ4n) is 3.26. The molecule has 3 rings (SSSR count). The van der Waals surface area contributed by atoms with Gasteiger partial charge in [-0.15, -0.1) is 0 Å². The number of rotatable bonds is 7. The van der Waals surface area contributed by atoms with Crippen LogP contribution in [0.5, 0.6) is 0 Å². The molecule has 0 spiro atoms. The summed E-state index contributed by atoms with van der Waals surface area (Å²) >= 11 is 0. The second kappa shape index (κ2) is 8.18. The maximum atomic E-state index is 13.2. The van der Waals surface area contributed by atoms with Crippen LogP contribution in [-0.4, -0.2) is 43.5 Å². The molecule has 2 aromatic rings. The van der Waals surface area contributed by atoms with Gasteiger partial charge in [-0.3, -0.25) is 14.5 Å². The van der Waals surface area contributed by atoms with Crippen LogP contribution in [0, 0.1) is 6.92 Å². The van der Waals surface area contributed by atoms with Gasteiger partial charge in [0, 0.05) is 19.3 Å². The number of amides is 2. The van der Waals surface area contributed by atoms with E-state index in [9.17, 15) is 9.59 Å². The predicted molar refractivity (Wildman–Crippen MR) is 106 cm³/mol. The Labute approximate surface area is 159 Å². The summed E-state index contributed by atoms with van der Waals surface area (Å²) < 4.78 is 5.09. The number of benzene rings is 2. The summed E-state index contributed by atoms with van der Waals surface area (Å²) in [5.74, 6) is -0.552. The highest BCUT2D eigenvalue weighted by Crippen LogP contribution is 2.34. The lowest BCUT2D eigenvalue weighted by molar-refractivity contribution is -0.137. The molecule has 5 nitrogen and oxygen atoms in total. The van der Waals surface area contributed by atoms with E-state index in [2.05, 4.69) is 0 Å². The monoisotopic (exact) mass is 364 g/mol. The van der Waals surface area contributed by atoms with Crippen LogP contribution in [0.2, 0.25) is 0 Å². The molecular formula is C22H24N2O3. The van der Waals surface area contributed by atoms with Crippen molar-refractivity contribution in [2.75, 3.05) is 31.7 Å². The number of para-hydroxylation sites is 1. The summed E-state index contributed by atoms with van der Waals surface area (Å²) in [6.45, 7) is 5.09. The van der Waals surface area contributed by atoms with Crippen molar-refractivity contribution in [2.24, 2.45) is 0 Å². The molecule has 5 heteroatoms. The zero-order valence-electron chi connectivity index (χ0n) is 15.9. The minimum absolute atomic E-state index is 0.235. The number of aryl methyl sites for hydroxylation is 1. The Balaban J connectivity index is 2.14. The predicted octanol–water partition coefficient (Wildman–Crippen LogP) is 3.25. The van der Waals surface area contributed by atoms with Gasteiger partial charge in [-0.2, -0.15) is 0 Å². The maximum Gasteiger partial charge on any atom is 0.278 e. The lowest BCUT2D eigenvalue weighted by atomic mass is 10.0. The van der Waals surface area contributed by atoms with Crippen LogP contribution in [-0.2, 0) is 14.3 Å². The third-order valence-electron chi connectivity index (χ3n) is 4.66. The molecule has 2 amide bonds. The lowest BCUT2D eigenvalue weighted by Gasteiger charge is -2.24. The van der Waals surface area contributed by atoms with Crippen molar-refractivity contribution in [3.05, 3.63) is 71.4 Å². The average Bonchev–Trinajstić information content (AvgIpc) is 2.93. The SMILES string of the molecule is CCN(C1=C(c2ccc(C)cc2)C(=O)N(CCOC)C1=O)c1ccccc1. The summed E-state index contributed by atoms with van der Waals surface area (Å²) in [6.07, 6.45) is 0. The van der Waals surface area contributed by atoms with Crippen LogP contribution in [0.4, 0.5) is 5.69 Å². The van der Waals surface area contributed by atoms with E-state index < -0.39 is 0 Å². The summed E-state index contributed by atoms with van der Waals surface area (Å²) in [4.78, 5) is 29.5. The van der Waals surface area contributed by atoms with Gasteiger partial charge in [-0.05, 0) is 31.5 Å². The van der Waals surface area contributed by atoms with Gasteiger partial charge in [0.25, 0.3) is 11.8 Å². The van der Waals surface area contributed by atoms with E-state index in [0.29, 0.717) is 24.4 Å². The molecule has 1 aliphatic heterocycles. The zero-order valence-corrected chi connectivity index (χ0v) is 15.9. The van der Waals surface area contributed by atoms with Crippen molar-refractivity contribution in [1.82, 2.24) is 4.90 Å². The van der Waals surface area contributed by atoms with E-state index in [4.69, 9.17) is 4.74 Å². The molecule has 0 bridgehead atoms. The number of nitrogens with zero attached hydrogens (tertiary/aromatic N) is 2. The smallest absolute Gasteiger partial charge is 0.278 e. The van der Waals surface area contributed by atoms with Crippen LogP contribution in [0.15, 0.2) is 60.3 Å². The summed E-state index contributed by atoms with van der Waals surface area (Å²) in [5, 5.41) is 0. The number of carbonyl (C=O) groups excluding carboxylic acids is 2. The topological polar surface area (TPSA) is 49.9 Å². The van der Waals surface area contributed by atoms with Crippen molar-refractivity contribution in [3.8, 4) is 0 Å². The van der Waals surface area contributed by atoms with E-state index >= 15 is 0 Å². The first-order valence-corrected chi connectivity index (χ1v) is 9.07. The molecule has 2 aromatic carbocycles. The van der Waals surface area contributed by atoms with Crippen LogP contribution in [0.25, 0.3) is 5.57 Å². The van der Waals surface area contributed by atoms with E-state index in [-0.39, 0.29) is 18.4 Å². The fraction of sp³-hybridized carbons (Fsp3) is 0.273. The molecule has 0 unspecified atom stereocenters. The molecule has 0 saturated carbocycles. The minimum Gasteiger partial charge on any atom is -0.383 e. The van der Waals surface area contributed by atoms with Crippen molar-refractivity contribution >= 4 is 23.1 Å². The second-order valence-corrected chi connectivity index (χ2v) is 6.42. The van der Waals surface area contributed by atoms with E-state index in [0.717, 1.165) is 16.8 Å². The van der Waals surface area contributed by atoms with Crippen molar-refractivity contribution < 1.29 is 14.3 Å². The molecule has 0 N–H and O–H groups in total. The Morgan fingerprint density at radius 2 is 1.63 bits per heavy atom. The highest BCUT2D eigenvalue weighted by atomic mass is 16.5. The summed E-state index contributed by atoms with van der Waals surface area (Å²) in [6, 6.07) is 17.4. The Morgan fingerprint density at radius 1 is 0.963 bits per heavy atom. The largest absolute Gasteiger partial charge is 0.383 e. The maximum absolute atomic E-state index is 13.2. The second-order valence-electron chi connectivity index (χ2n) is 6.42. The van der Waals surface area contributed by atoms with Gasteiger partial charge in [0.15, 0.2) is 0 Å². The molecule has 0 saturated heterocycles. The van der Waals surface area contributed by atoms with Gasteiger partial charge in [0.2, 0.25) is 0 Å². The third-order valence-corrected chi connectivity index (χ3v) is 4.66. The Morgan fingerprint density at radius 3 is 2.22 bits per heavy atom. The molecule has 1 heterocycles. The normalized spacial score (nSPS) is 14.3. The number of carbonyl (C=O) groups is 2. The Hall–Kier alpha value is -2.92. The zero-order chi connectivity index (χ0) is 19.4. The minimum atomic E-state index is -0.279. The number of methoxy groups -OCH3 is 1. The molecular weight excluding hydrogens is 340 g/mol. The standard InChI is InChI=1S/C22H24N2O3/c1-4-23(18-8-6-5-7-9-18)20-19(17-12-10-16(2)11-13-17)21(25)24(22(20)26)14-15-27-3/h5-13H,4,14-15H2,1-3H3. The van der Waals surface area contributed by atoms with E-state index in [1.807, 2.05) is 73.3 Å². The Kier molecular flexibility index (Phi) is 5.72. The van der Waals surface area contributed by atoms with Gasteiger partial charge in [0.05, 0.1) is 18.7 Å². The molecule has 0 radical (unpaired) electrons. The van der Waals surface area contributed by atoms with Crippen molar-refractivity contribution in [1.29, 1.82) is 0 Å². The quantitative estimate of drug-likeness (QED) is 0.708. The highest BCUT2D eigenvalue weighted by Gasteiger charge is 2.41.